The highest BCUT2D eigenvalue weighted by atomic mass is 16.6. The number of hydrogen-bond donors (Lipinski definition) is 2. The van der Waals surface area contributed by atoms with Crippen molar-refractivity contribution in [1.29, 1.82) is 0 Å². The van der Waals surface area contributed by atoms with Crippen molar-refractivity contribution in [3.63, 3.8) is 0 Å². The topological polar surface area (TPSA) is 97.5 Å². The zero-order valence-corrected chi connectivity index (χ0v) is 18.5. The van der Waals surface area contributed by atoms with Crippen molar-refractivity contribution in [2.75, 3.05) is 13.2 Å². The van der Waals surface area contributed by atoms with E-state index < -0.39 is 29.3 Å². The summed E-state index contributed by atoms with van der Waals surface area (Å²) >= 11 is 0. The molecule has 32 heavy (non-hydrogen) atoms. The highest BCUT2D eigenvalue weighted by Gasteiger charge is 2.57. The number of ether oxygens (including phenoxy) is 2. The van der Waals surface area contributed by atoms with Gasteiger partial charge in [-0.05, 0) is 37.5 Å². The van der Waals surface area contributed by atoms with Crippen molar-refractivity contribution >= 4 is 28.7 Å². The average Bonchev–Trinajstić information content (AvgIpc) is 3.20. The first kappa shape index (κ1) is 23.1. The summed E-state index contributed by atoms with van der Waals surface area (Å²) in [6.45, 7) is 4.66. The molecular weight excluding hydrogens is 408 g/mol. The van der Waals surface area contributed by atoms with Gasteiger partial charge in [-0.3, -0.25) is 4.79 Å². The highest BCUT2D eigenvalue weighted by molar-refractivity contribution is 6.09. The van der Waals surface area contributed by atoms with Crippen LogP contribution in [0.1, 0.15) is 37.8 Å². The van der Waals surface area contributed by atoms with E-state index in [4.69, 9.17) is 9.47 Å². The molecular formula is C25H28N2O5. The maximum absolute atomic E-state index is 13.4. The summed E-state index contributed by atoms with van der Waals surface area (Å²) in [4.78, 5) is 42.4. The molecule has 1 unspecified atom stereocenters. The molecule has 0 aliphatic heterocycles. The summed E-state index contributed by atoms with van der Waals surface area (Å²) in [5.41, 5.74) is 0.397. The van der Waals surface area contributed by atoms with Gasteiger partial charge in [0.25, 0.3) is 0 Å². The molecule has 1 atom stereocenters. The molecule has 2 aromatic carbocycles. The number of fused-ring (bicyclic) bond motifs is 1. The van der Waals surface area contributed by atoms with Crippen LogP contribution >= 0.6 is 0 Å². The molecule has 0 bridgehead atoms. The Morgan fingerprint density at radius 3 is 2.12 bits per heavy atom. The van der Waals surface area contributed by atoms with Crippen molar-refractivity contribution in [1.82, 2.24) is 10.3 Å². The normalized spacial score (nSPS) is 12.2. The smallest absolute Gasteiger partial charge is 0.344 e. The standard InChI is InChI=1S/C25H28N2O5/c1-4-31-23(29)25(27-17(3)28,24(30)32-5-2)21(15-18-11-7-6-8-12-18)20-16-26-22-14-10-9-13-19(20)22/h6-14,16,21,26H,4-5,15H2,1-3H3,(H,27,28). The molecule has 3 rings (SSSR count). The monoisotopic (exact) mass is 436 g/mol. The number of carbonyl (C=O) groups excluding carboxylic acids is 3. The Morgan fingerprint density at radius 2 is 1.53 bits per heavy atom. The van der Waals surface area contributed by atoms with Gasteiger partial charge in [0.15, 0.2) is 0 Å². The van der Waals surface area contributed by atoms with Crippen LogP contribution < -0.4 is 5.32 Å². The summed E-state index contributed by atoms with van der Waals surface area (Å²) in [6, 6.07) is 17.1. The number of hydrogen-bond acceptors (Lipinski definition) is 5. The first-order valence-electron chi connectivity index (χ1n) is 10.7. The van der Waals surface area contributed by atoms with Crippen LogP contribution in [0.5, 0.6) is 0 Å². The molecule has 0 spiro atoms. The minimum absolute atomic E-state index is 0.0471. The van der Waals surface area contributed by atoms with Crippen LogP contribution in [0, 0.1) is 0 Å². The number of rotatable bonds is 9. The van der Waals surface area contributed by atoms with E-state index in [1.54, 1.807) is 20.0 Å². The predicted molar refractivity (Wildman–Crippen MR) is 121 cm³/mol. The van der Waals surface area contributed by atoms with E-state index >= 15 is 0 Å². The Balaban J connectivity index is 2.29. The van der Waals surface area contributed by atoms with Crippen molar-refractivity contribution in [3.8, 4) is 0 Å². The van der Waals surface area contributed by atoms with Gasteiger partial charge in [0, 0.05) is 29.9 Å². The zero-order valence-electron chi connectivity index (χ0n) is 18.5. The Bertz CT molecular complexity index is 1070. The molecule has 1 amide bonds. The second-order valence-corrected chi connectivity index (χ2v) is 7.46. The molecule has 0 saturated carbocycles. The van der Waals surface area contributed by atoms with Crippen LogP contribution in [0.2, 0.25) is 0 Å². The van der Waals surface area contributed by atoms with Crippen molar-refractivity contribution in [2.45, 2.75) is 38.6 Å². The van der Waals surface area contributed by atoms with Crippen molar-refractivity contribution in [3.05, 3.63) is 71.9 Å². The van der Waals surface area contributed by atoms with Gasteiger partial charge in [-0.25, -0.2) is 9.59 Å². The van der Waals surface area contributed by atoms with Crippen LogP contribution in [0.3, 0.4) is 0 Å². The van der Waals surface area contributed by atoms with Crippen LogP contribution in [0.25, 0.3) is 10.9 Å². The number of carbonyl (C=O) groups is 3. The predicted octanol–water partition coefficient (Wildman–Crippen LogP) is 3.50. The van der Waals surface area contributed by atoms with E-state index in [9.17, 15) is 14.4 Å². The molecule has 7 nitrogen and oxygen atoms in total. The van der Waals surface area contributed by atoms with E-state index in [1.807, 2.05) is 54.6 Å². The summed E-state index contributed by atoms with van der Waals surface area (Å²) in [5.74, 6) is -3.02. The van der Waals surface area contributed by atoms with E-state index in [0.717, 1.165) is 16.5 Å². The maximum atomic E-state index is 13.4. The molecule has 7 heteroatoms. The number of H-pyrrole nitrogens is 1. The molecule has 0 fully saturated rings. The third-order valence-corrected chi connectivity index (χ3v) is 5.37. The van der Waals surface area contributed by atoms with Gasteiger partial charge in [-0.2, -0.15) is 0 Å². The molecule has 2 N–H and O–H groups in total. The number of aromatic amines is 1. The molecule has 3 aromatic rings. The lowest BCUT2D eigenvalue weighted by Crippen LogP contribution is -2.65. The van der Waals surface area contributed by atoms with Gasteiger partial charge < -0.3 is 19.8 Å². The number of amides is 1. The van der Waals surface area contributed by atoms with Crippen LogP contribution in [0.4, 0.5) is 0 Å². The highest BCUT2D eigenvalue weighted by Crippen LogP contribution is 2.38. The quantitative estimate of drug-likeness (QED) is 0.395. The largest absolute Gasteiger partial charge is 0.464 e. The van der Waals surface area contributed by atoms with Crippen molar-refractivity contribution in [2.24, 2.45) is 0 Å². The molecule has 0 radical (unpaired) electrons. The second-order valence-electron chi connectivity index (χ2n) is 7.46. The van der Waals surface area contributed by atoms with Gasteiger partial charge in [0.1, 0.15) is 0 Å². The fourth-order valence-corrected chi connectivity index (χ4v) is 4.05. The molecule has 0 aliphatic carbocycles. The fourth-order valence-electron chi connectivity index (χ4n) is 4.05. The van der Waals surface area contributed by atoms with Gasteiger partial charge in [0.05, 0.1) is 13.2 Å². The SMILES string of the molecule is CCOC(=O)C(NC(C)=O)(C(=O)OCC)C(Cc1ccccc1)c1c[nH]c2ccccc12. The van der Waals surface area contributed by atoms with E-state index in [0.29, 0.717) is 12.0 Å². The van der Waals surface area contributed by atoms with Gasteiger partial charge in [-0.15, -0.1) is 0 Å². The fraction of sp³-hybridized carbons (Fsp3) is 0.320. The van der Waals surface area contributed by atoms with E-state index in [-0.39, 0.29) is 13.2 Å². The van der Waals surface area contributed by atoms with Crippen LogP contribution in [-0.4, -0.2) is 41.6 Å². The van der Waals surface area contributed by atoms with Crippen LogP contribution in [0.15, 0.2) is 60.8 Å². The zero-order chi connectivity index (χ0) is 23.1. The number of nitrogens with one attached hydrogen (secondary N) is 2. The van der Waals surface area contributed by atoms with Gasteiger partial charge in [-0.1, -0.05) is 48.5 Å². The maximum Gasteiger partial charge on any atom is 0.344 e. The Morgan fingerprint density at radius 1 is 0.938 bits per heavy atom. The third-order valence-electron chi connectivity index (χ3n) is 5.37. The first-order chi connectivity index (χ1) is 15.4. The number of para-hydroxylation sites is 1. The molecule has 168 valence electrons. The first-order valence-corrected chi connectivity index (χ1v) is 10.7. The van der Waals surface area contributed by atoms with Gasteiger partial charge >= 0.3 is 11.9 Å². The lowest BCUT2D eigenvalue weighted by atomic mass is 9.75. The summed E-state index contributed by atoms with van der Waals surface area (Å²) in [7, 11) is 0. The Kier molecular flexibility index (Phi) is 7.30. The summed E-state index contributed by atoms with van der Waals surface area (Å²) in [5, 5.41) is 3.48. The minimum atomic E-state index is -2.06. The van der Waals surface area contributed by atoms with Crippen LogP contribution in [-0.2, 0) is 30.3 Å². The number of esters is 2. The Labute approximate surface area is 187 Å². The molecule has 1 heterocycles. The summed E-state index contributed by atoms with van der Waals surface area (Å²) in [6.07, 6.45) is 2.06. The van der Waals surface area contributed by atoms with E-state index in [1.165, 1.54) is 6.92 Å². The Hall–Kier alpha value is -3.61. The van der Waals surface area contributed by atoms with Crippen molar-refractivity contribution < 1.29 is 23.9 Å². The van der Waals surface area contributed by atoms with E-state index in [2.05, 4.69) is 10.3 Å². The number of aromatic nitrogens is 1. The lowest BCUT2D eigenvalue weighted by molar-refractivity contribution is -0.169. The average molecular weight is 437 g/mol. The molecule has 0 aliphatic rings. The third kappa shape index (κ3) is 4.51. The summed E-state index contributed by atoms with van der Waals surface area (Å²) < 4.78 is 10.7. The second kappa shape index (κ2) is 10.1. The molecule has 0 saturated heterocycles. The minimum Gasteiger partial charge on any atom is -0.464 e. The van der Waals surface area contributed by atoms with Gasteiger partial charge in [0.2, 0.25) is 11.4 Å². The lowest BCUT2D eigenvalue weighted by Gasteiger charge is -2.37. The molecule has 1 aromatic heterocycles. The number of benzene rings is 2.